The van der Waals surface area contributed by atoms with Gasteiger partial charge in [0.2, 0.25) is 0 Å². The van der Waals surface area contributed by atoms with Gasteiger partial charge in [0, 0.05) is 37.1 Å². The number of pyridine rings is 2. The molecule has 0 amide bonds. The van der Waals surface area contributed by atoms with Crippen LogP contribution >= 0.6 is 11.3 Å². The summed E-state index contributed by atoms with van der Waals surface area (Å²) in [7, 11) is 1.98. The number of anilines is 1. The summed E-state index contributed by atoms with van der Waals surface area (Å²) < 4.78 is 3.09. The number of hydrogen-bond donors (Lipinski definition) is 1. The molecule has 4 rings (SSSR count). The molecule has 0 saturated heterocycles. The molecule has 0 radical (unpaired) electrons. The molecular weight excluding hydrogens is 318 g/mol. The SMILES string of the molecule is CC.Cc1ccc2c(n1)sc1c(NCc3ccncc3)nn(C)c12. The number of aryl methyl sites for hydroxylation is 2. The number of fused-ring (bicyclic) bond motifs is 3. The van der Waals surface area contributed by atoms with Gasteiger partial charge in [-0.15, -0.1) is 11.3 Å². The smallest absolute Gasteiger partial charge is 0.166 e. The van der Waals surface area contributed by atoms with Crippen molar-refractivity contribution < 1.29 is 0 Å². The zero-order chi connectivity index (χ0) is 17.1. The molecule has 0 saturated carbocycles. The van der Waals surface area contributed by atoms with Crippen LogP contribution in [0.1, 0.15) is 25.1 Å². The largest absolute Gasteiger partial charge is 0.363 e. The Kier molecular flexibility index (Phi) is 4.76. The van der Waals surface area contributed by atoms with Crippen LogP contribution in [0.15, 0.2) is 36.7 Å². The lowest BCUT2D eigenvalue weighted by Crippen LogP contribution is -2.01. The van der Waals surface area contributed by atoms with E-state index in [0.29, 0.717) is 0 Å². The average Bonchev–Trinajstić information content (AvgIpc) is 3.13. The number of nitrogens with one attached hydrogen (secondary N) is 1. The van der Waals surface area contributed by atoms with Crippen LogP contribution in [0.2, 0.25) is 0 Å². The summed E-state index contributed by atoms with van der Waals surface area (Å²) in [5.74, 6) is 0.912. The van der Waals surface area contributed by atoms with Gasteiger partial charge < -0.3 is 5.32 Å². The molecule has 4 aromatic rings. The van der Waals surface area contributed by atoms with E-state index >= 15 is 0 Å². The van der Waals surface area contributed by atoms with Gasteiger partial charge in [0.05, 0.1) is 10.2 Å². The Balaban J connectivity index is 0.000000815. The van der Waals surface area contributed by atoms with Crippen molar-refractivity contribution >= 4 is 37.6 Å². The third-order valence-electron chi connectivity index (χ3n) is 3.67. The van der Waals surface area contributed by atoms with Gasteiger partial charge >= 0.3 is 0 Å². The number of rotatable bonds is 3. The number of aromatic nitrogens is 4. The minimum absolute atomic E-state index is 0.731. The third kappa shape index (κ3) is 2.97. The molecule has 0 aliphatic carbocycles. The molecule has 0 bridgehead atoms. The van der Waals surface area contributed by atoms with Crippen LogP contribution in [-0.2, 0) is 13.6 Å². The lowest BCUT2D eigenvalue weighted by Gasteiger charge is -2.02. The Bertz CT molecular complexity index is 956. The summed E-state index contributed by atoms with van der Waals surface area (Å²) in [6, 6.07) is 8.18. The van der Waals surface area contributed by atoms with E-state index in [9.17, 15) is 0 Å². The summed E-state index contributed by atoms with van der Waals surface area (Å²) in [6.45, 7) is 6.75. The van der Waals surface area contributed by atoms with Crippen molar-refractivity contribution in [3.05, 3.63) is 47.9 Å². The normalized spacial score (nSPS) is 10.7. The molecule has 1 N–H and O–H groups in total. The minimum atomic E-state index is 0.731. The van der Waals surface area contributed by atoms with Crippen molar-refractivity contribution in [2.24, 2.45) is 7.05 Å². The Morgan fingerprint density at radius 3 is 2.62 bits per heavy atom. The summed E-state index contributed by atoms with van der Waals surface area (Å²) in [5.41, 5.74) is 3.37. The van der Waals surface area contributed by atoms with Gasteiger partial charge in [-0.25, -0.2) is 4.98 Å². The van der Waals surface area contributed by atoms with E-state index in [4.69, 9.17) is 0 Å². The maximum Gasteiger partial charge on any atom is 0.166 e. The average molecular weight is 339 g/mol. The van der Waals surface area contributed by atoms with E-state index in [1.807, 2.05) is 50.7 Å². The van der Waals surface area contributed by atoms with Crippen molar-refractivity contribution in [2.45, 2.75) is 27.3 Å². The van der Waals surface area contributed by atoms with E-state index in [-0.39, 0.29) is 0 Å². The first-order chi connectivity index (χ1) is 11.7. The van der Waals surface area contributed by atoms with Gasteiger partial charge in [-0.05, 0) is 36.8 Å². The fourth-order valence-electron chi connectivity index (χ4n) is 2.59. The summed E-state index contributed by atoms with van der Waals surface area (Å²) in [6.07, 6.45) is 3.61. The lowest BCUT2D eigenvalue weighted by atomic mass is 10.2. The van der Waals surface area contributed by atoms with Crippen LogP contribution in [0.5, 0.6) is 0 Å². The van der Waals surface area contributed by atoms with Crippen LogP contribution < -0.4 is 5.32 Å². The maximum absolute atomic E-state index is 4.63. The second-order valence-corrected chi connectivity index (χ2v) is 6.27. The molecular formula is C18H21N5S. The van der Waals surface area contributed by atoms with E-state index in [1.54, 1.807) is 23.7 Å². The van der Waals surface area contributed by atoms with Gasteiger partial charge in [0.15, 0.2) is 5.82 Å². The van der Waals surface area contributed by atoms with Crippen molar-refractivity contribution in [3.8, 4) is 0 Å². The molecule has 0 fully saturated rings. The molecule has 0 aromatic carbocycles. The quantitative estimate of drug-likeness (QED) is 0.596. The second kappa shape index (κ2) is 6.97. The molecule has 5 nitrogen and oxygen atoms in total. The molecule has 0 spiro atoms. The Hall–Kier alpha value is -2.47. The zero-order valence-corrected chi connectivity index (χ0v) is 15.2. The molecule has 0 atom stereocenters. The van der Waals surface area contributed by atoms with E-state index in [2.05, 4.69) is 26.4 Å². The standard InChI is InChI=1S/C16H15N5S.C2H6/c1-10-3-4-12-13-14(22-16(12)19-10)15(20-21(13)2)18-9-11-5-7-17-8-6-11;1-2/h3-8H,9H2,1-2H3,(H,18,20);1-2H3. The van der Waals surface area contributed by atoms with Gasteiger partial charge in [-0.1, -0.05) is 13.8 Å². The molecule has 4 heterocycles. The van der Waals surface area contributed by atoms with Crippen molar-refractivity contribution in [1.29, 1.82) is 0 Å². The van der Waals surface area contributed by atoms with Gasteiger partial charge in [-0.3, -0.25) is 9.67 Å². The van der Waals surface area contributed by atoms with Crippen LogP contribution in [0, 0.1) is 6.92 Å². The number of hydrogen-bond acceptors (Lipinski definition) is 5. The van der Waals surface area contributed by atoms with Crippen LogP contribution in [0.4, 0.5) is 5.82 Å². The molecule has 24 heavy (non-hydrogen) atoms. The number of thiophene rings is 1. The first kappa shape index (κ1) is 16.4. The molecule has 0 aliphatic heterocycles. The van der Waals surface area contributed by atoms with Gasteiger partial charge in [0.25, 0.3) is 0 Å². The molecule has 0 unspecified atom stereocenters. The first-order valence-corrected chi connectivity index (χ1v) is 8.89. The topological polar surface area (TPSA) is 55.6 Å². The predicted octanol–water partition coefficient (Wildman–Crippen LogP) is 4.52. The zero-order valence-electron chi connectivity index (χ0n) is 14.4. The Morgan fingerprint density at radius 1 is 1.12 bits per heavy atom. The minimum Gasteiger partial charge on any atom is -0.363 e. The fourth-order valence-corrected chi connectivity index (χ4v) is 3.79. The van der Waals surface area contributed by atoms with Crippen LogP contribution in [0.25, 0.3) is 20.4 Å². The maximum atomic E-state index is 4.63. The molecule has 124 valence electrons. The highest BCUT2D eigenvalue weighted by molar-refractivity contribution is 7.26. The molecule has 0 aliphatic rings. The summed E-state index contributed by atoms with van der Waals surface area (Å²) in [4.78, 5) is 9.73. The monoisotopic (exact) mass is 339 g/mol. The van der Waals surface area contributed by atoms with E-state index < -0.39 is 0 Å². The summed E-state index contributed by atoms with van der Waals surface area (Å²) >= 11 is 1.69. The lowest BCUT2D eigenvalue weighted by molar-refractivity contribution is 0.799. The molecule has 4 aromatic heterocycles. The van der Waals surface area contributed by atoms with Crippen LogP contribution in [-0.4, -0.2) is 19.7 Å². The second-order valence-electron chi connectivity index (χ2n) is 5.27. The summed E-state index contributed by atoms with van der Waals surface area (Å²) in [5, 5.41) is 9.20. The highest BCUT2D eigenvalue weighted by Gasteiger charge is 2.15. The molecule has 6 heteroatoms. The Morgan fingerprint density at radius 2 is 1.88 bits per heavy atom. The van der Waals surface area contributed by atoms with Crippen molar-refractivity contribution in [3.63, 3.8) is 0 Å². The number of nitrogens with zero attached hydrogens (tertiary/aromatic N) is 4. The van der Waals surface area contributed by atoms with Gasteiger partial charge in [-0.2, -0.15) is 5.10 Å². The van der Waals surface area contributed by atoms with Crippen molar-refractivity contribution in [2.75, 3.05) is 5.32 Å². The third-order valence-corrected chi connectivity index (χ3v) is 4.76. The highest BCUT2D eigenvalue weighted by atomic mass is 32.1. The predicted molar refractivity (Wildman–Crippen MR) is 102 cm³/mol. The fraction of sp³-hybridized carbons (Fsp3) is 0.278. The van der Waals surface area contributed by atoms with Crippen molar-refractivity contribution in [1.82, 2.24) is 19.7 Å². The van der Waals surface area contributed by atoms with E-state index in [0.717, 1.165) is 38.5 Å². The van der Waals surface area contributed by atoms with E-state index in [1.165, 1.54) is 5.56 Å². The first-order valence-electron chi connectivity index (χ1n) is 8.08. The van der Waals surface area contributed by atoms with Crippen LogP contribution in [0.3, 0.4) is 0 Å². The highest BCUT2D eigenvalue weighted by Crippen LogP contribution is 2.37. The Labute approximate surface area is 145 Å². The van der Waals surface area contributed by atoms with Gasteiger partial charge in [0.1, 0.15) is 4.83 Å².